The summed E-state index contributed by atoms with van der Waals surface area (Å²) in [6.07, 6.45) is 2.17. The number of thioether (sulfide) groups is 1. The first-order valence-electron chi connectivity index (χ1n) is 9.72. The molecule has 1 atom stereocenters. The second kappa shape index (κ2) is 9.81. The van der Waals surface area contributed by atoms with Gasteiger partial charge in [-0.2, -0.15) is 0 Å². The van der Waals surface area contributed by atoms with Crippen LogP contribution in [0.4, 0.5) is 0 Å². The van der Waals surface area contributed by atoms with Crippen LogP contribution in [-0.2, 0) is 4.43 Å². The van der Waals surface area contributed by atoms with Crippen molar-refractivity contribution in [3.05, 3.63) is 60.2 Å². The molecule has 0 aromatic heterocycles. The van der Waals surface area contributed by atoms with Crippen molar-refractivity contribution in [3.8, 4) is 5.75 Å². The Morgan fingerprint density at radius 2 is 1.59 bits per heavy atom. The minimum absolute atomic E-state index is 0.265. The zero-order valence-electron chi connectivity index (χ0n) is 17.6. The number of hydrogen-bond donors (Lipinski definition) is 0. The summed E-state index contributed by atoms with van der Waals surface area (Å²) < 4.78 is 11.7. The highest BCUT2D eigenvalue weighted by Gasteiger charge is 2.36. The van der Waals surface area contributed by atoms with Crippen LogP contribution in [-0.4, -0.2) is 22.0 Å². The van der Waals surface area contributed by atoms with Crippen molar-refractivity contribution in [2.45, 2.75) is 61.9 Å². The van der Waals surface area contributed by atoms with Crippen molar-refractivity contribution in [3.63, 3.8) is 0 Å². The molecule has 0 saturated heterocycles. The van der Waals surface area contributed by atoms with E-state index in [1.807, 2.05) is 11.8 Å². The molecular weight excluding hydrogens is 368 g/mol. The lowest BCUT2D eigenvalue weighted by Gasteiger charge is -2.36. The van der Waals surface area contributed by atoms with E-state index in [9.17, 15) is 0 Å². The predicted molar refractivity (Wildman–Crippen MR) is 120 cm³/mol. The Balaban J connectivity index is 2.01. The summed E-state index contributed by atoms with van der Waals surface area (Å²) in [4.78, 5) is 1.31. The predicted octanol–water partition coefficient (Wildman–Crippen LogP) is 7.33. The number of benzene rings is 2. The number of ether oxygens (including phenoxy) is 1. The normalized spacial score (nSPS) is 13.4. The second-order valence-electron chi connectivity index (χ2n) is 8.44. The number of methoxy groups -OCH3 is 1. The molecule has 2 rings (SSSR count). The molecule has 2 nitrogen and oxygen atoms in total. The largest absolute Gasteiger partial charge is 0.497 e. The maximum absolute atomic E-state index is 6.38. The standard InChI is InChI=1S/C23H34O2SSi/c1-23(2,3)27(5,6)25-18-10-13-22(26-21-11-8-7-9-12-21)19-14-16-20(24-4)17-15-19/h7-9,11-12,14-17,22H,10,13,18H2,1-6H3. The molecule has 0 aliphatic carbocycles. The molecule has 0 aliphatic rings. The highest BCUT2D eigenvalue weighted by molar-refractivity contribution is 7.99. The smallest absolute Gasteiger partial charge is 0.191 e. The molecule has 0 heterocycles. The molecule has 2 aromatic rings. The van der Waals surface area contributed by atoms with Gasteiger partial charge in [0.05, 0.1) is 7.11 Å². The van der Waals surface area contributed by atoms with E-state index in [4.69, 9.17) is 9.16 Å². The molecular formula is C23H34O2SSi. The van der Waals surface area contributed by atoms with Crippen molar-refractivity contribution in [1.82, 2.24) is 0 Å². The number of rotatable bonds is 9. The van der Waals surface area contributed by atoms with Crippen LogP contribution in [0.3, 0.4) is 0 Å². The highest BCUT2D eigenvalue weighted by atomic mass is 32.2. The van der Waals surface area contributed by atoms with Gasteiger partial charge in [-0.3, -0.25) is 0 Å². The van der Waals surface area contributed by atoms with E-state index in [0.29, 0.717) is 5.25 Å². The molecule has 0 bridgehead atoms. The van der Waals surface area contributed by atoms with Gasteiger partial charge in [0.2, 0.25) is 0 Å². The van der Waals surface area contributed by atoms with Crippen molar-refractivity contribution < 1.29 is 9.16 Å². The number of hydrogen-bond acceptors (Lipinski definition) is 3. The molecule has 2 aromatic carbocycles. The molecule has 0 saturated carbocycles. The third-order valence-electron chi connectivity index (χ3n) is 5.39. The lowest BCUT2D eigenvalue weighted by atomic mass is 10.1. The average Bonchev–Trinajstić information content (AvgIpc) is 2.64. The van der Waals surface area contributed by atoms with Crippen LogP contribution >= 0.6 is 11.8 Å². The maximum Gasteiger partial charge on any atom is 0.191 e. The van der Waals surface area contributed by atoms with Gasteiger partial charge in [-0.25, -0.2) is 0 Å². The van der Waals surface area contributed by atoms with Gasteiger partial charge in [-0.05, 0) is 60.8 Å². The van der Waals surface area contributed by atoms with Gasteiger partial charge in [-0.15, -0.1) is 11.8 Å². The van der Waals surface area contributed by atoms with E-state index in [2.05, 4.69) is 88.5 Å². The summed E-state index contributed by atoms with van der Waals surface area (Å²) in [6, 6.07) is 19.1. The van der Waals surface area contributed by atoms with Gasteiger partial charge in [0.15, 0.2) is 8.32 Å². The van der Waals surface area contributed by atoms with Crippen LogP contribution < -0.4 is 4.74 Å². The Morgan fingerprint density at radius 1 is 0.963 bits per heavy atom. The highest BCUT2D eigenvalue weighted by Crippen LogP contribution is 2.40. The molecule has 0 fully saturated rings. The van der Waals surface area contributed by atoms with Gasteiger partial charge in [0.25, 0.3) is 0 Å². The summed E-state index contributed by atoms with van der Waals surface area (Å²) >= 11 is 1.93. The van der Waals surface area contributed by atoms with Gasteiger partial charge in [0.1, 0.15) is 5.75 Å². The van der Waals surface area contributed by atoms with E-state index in [1.54, 1.807) is 7.11 Å². The first-order chi connectivity index (χ1) is 12.7. The summed E-state index contributed by atoms with van der Waals surface area (Å²) in [6.45, 7) is 12.4. The van der Waals surface area contributed by atoms with Crippen LogP contribution in [0, 0.1) is 0 Å². The third kappa shape index (κ3) is 6.70. The zero-order valence-corrected chi connectivity index (χ0v) is 19.4. The van der Waals surface area contributed by atoms with Crippen LogP contribution in [0.15, 0.2) is 59.5 Å². The van der Waals surface area contributed by atoms with Crippen LogP contribution in [0.2, 0.25) is 18.1 Å². The Labute approximate surface area is 170 Å². The first kappa shape index (κ1) is 22.1. The average molecular weight is 403 g/mol. The lowest BCUT2D eigenvalue weighted by molar-refractivity contribution is 0.279. The van der Waals surface area contributed by atoms with Gasteiger partial charge < -0.3 is 9.16 Å². The molecule has 27 heavy (non-hydrogen) atoms. The second-order valence-corrected chi connectivity index (χ2v) is 14.5. The SMILES string of the molecule is COc1ccc(C(CCCO[Si](C)(C)C(C)(C)C)Sc2ccccc2)cc1. The van der Waals surface area contributed by atoms with Crippen LogP contribution in [0.5, 0.6) is 5.75 Å². The molecule has 4 heteroatoms. The summed E-state index contributed by atoms with van der Waals surface area (Å²) in [5, 5.41) is 0.683. The summed E-state index contributed by atoms with van der Waals surface area (Å²) in [5.74, 6) is 0.906. The van der Waals surface area contributed by atoms with E-state index in [0.717, 1.165) is 25.2 Å². The van der Waals surface area contributed by atoms with Crippen LogP contribution in [0.25, 0.3) is 0 Å². The van der Waals surface area contributed by atoms with Crippen molar-refractivity contribution in [1.29, 1.82) is 0 Å². The minimum atomic E-state index is -1.67. The van der Waals surface area contributed by atoms with Crippen molar-refractivity contribution >= 4 is 20.1 Å². The van der Waals surface area contributed by atoms with E-state index in [1.165, 1.54) is 10.5 Å². The first-order valence-corrected chi connectivity index (χ1v) is 13.5. The van der Waals surface area contributed by atoms with Gasteiger partial charge >= 0.3 is 0 Å². The Bertz CT molecular complexity index is 678. The minimum Gasteiger partial charge on any atom is -0.497 e. The van der Waals surface area contributed by atoms with E-state index in [-0.39, 0.29) is 5.04 Å². The van der Waals surface area contributed by atoms with Gasteiger partial charge in [-0.1, -0.05) is 51.1 Å². The Hall–Kier alpha value is -1.23. The van der Waals surface area contributed by atoms with Crippen molar-refractivity contribution in [2.75, 3.05) is 13.7 Å². The third-order valence-corrected chi connectivity index (χ3v) is 11.3. The molecule has 0 spiro atoms. The fourth-order valence-corrected chi connectivity index (χ4v) is 4.90. The van der Waals surface area contributed by atoms with E-state index >= 15 is 0 Å². The molecule has 0 radical (unpaired) electrons. The summed E-state index contributed by atoms with van der Waals surface area (Å²) in [7, 11) is 0.0457. The fourth-order valence-electron chi connectivity index (χ4n) is 2.59. The lowest BCUT2D eigenvalue weighted by Crippen LogP contribution is -2.40. The van der Waals surface area contributed by atoms with Crippen molar-refractivity contribution in [2.24, 2.45) is 0 Å². The van der Waals surface area contributed by atoms with E-state index < -0.39 is 8.32 Å². The van der Waals surface area contributed by atoms with Crippen LogP contribution in [0.1, 0.15) is 44.4 Å². The molecule has 0 amide bonds. The zero-order chi connectivity index (χ0) is 19.9. The Morgan fingerprint density at radius 3 is 2.15 bits per heavy atom. The van der Waals surface area contributed by atoms with Gasteiger partial charge in [0, 0.05) is 16.8 Å². The topological polar surface area (TPSA) is 18.5 Å². The fraction of sp³-hybridized carbons (Fsp3) is 0.478. The molecule has 1 unspecified atom stereocenters. The molecule has 0 aliphatic heterocycles. The summed E-state index contributed by atoms with van der Waals surface area (Å²) in [5.41, 5.74) is 1.34. The quantitative estimate of drug-likeness (QED) is 0.248. The Kier molecular flexibility index (Phi) is 8.01. The monoisotopic (exact) mass is 402 g/mol. The molecule has 0 N–H and O–H groups in total. The maximum atomic E-state index is 6.38. The molecule has 148 valence electrons.